The number of nitro benzene ring substituents is 1. The second-order valence-corrected chi connectivity index (χ2v) is 3.87. The molecule has 0 fully saturated rings. The van der Waals surface area contributed by atoms with Crippen LogP contribution in [0.1, 0.15) is 20.7 Å². The van der Waals surface area contributed by atoms with Crippen LogP contribution in [-0.2, 0) is 0 Å². The standard InChI is InChI=1S/C11H12N2O7/c14-4-8(5-15)12-10(16)6-1-7(11(17)18)3-9(2-6)13(19)20/h1-3,8,14-15H,4-5H2,(H,12,16)(H,17,18). The van der Waals surface area contributed by atoms with Gasteiger partial charge in [0.25, 0.3) is 11.6 Å². The van der Waals surface area contributed by atoms with E-state index in [1.165, 1.54) is 0 Å². The summed E-state index contributed by atoms with van der Waals surface area (Å²) in [4.78, 5) is 32.5. The van der Waals surface area contributed by atoms with Crippen molar-refractivity contribution in [2.24, 2.45) is 0 Å². The van der Waals surface area contributed by atoms with E-state index in [0.29, 0.717) is 0 Å². The number of carbonyl (C=O) groups excluding carboxylic acids is 1. The molecule has 0 heterocycles. The van der Waals surface area contributed by atoms with E-state index < -0.39 is 47.3 Å². The fraction of sp³-hybridized carbons (Fsp3) is 0.273. The van der Waals surface area contributed by atoms with Crippen LogP contribution in [0.15, 0.2) is 18.2 Å². The number of nitrogens with zero attached hydrogens (tertiary/aromatic N) is 1. The van der Waals surface area contributed by atoms with E-state index in [-0.39, 0.29) is 5.56 Å². The predicted molar refractivity (Wildman–Crippen MR) is 65.5 cm³/mol. The number of nitrogens with one attached hydrogen (secondary N) is 1. The Morgan fingerprint density at radius 1 is 1.20 bits per heavy atom. The average molecular weight is 284 g/mol. The Bertz CT molecular complexity index is 507. The molecule has 1 aromatic carbocycles. The van der Waals surface area contributed by atoms with Crippen molar-refractivity contribution in [3.05, 3.63) is 39.4 Å². The normalized spacial score (nSPS) is 10.3. The van der Waals surface area contributed by atoms with Gasteiger partial charge in [0.2, 0.25) is 0 Å². The molecule has 108 valence electrons. The molecule has 1 aromatic rings. The molecule has 9 nitrogen and oxygen atoms in total. The minimum atomic E-state index is -1.41. The molecule has 1 amide bonds. The first-order valence-electron chi connectivity index (χ1n) is 5.44. The summed E-state index contributed by atoms with van der Waals surface area (Å²) in [7, 11) is 0. The molecule has 0 aliphatic heterocycles. The number of benzene rings is 1. The zero-order valence-electron chi connectivity index (χ0n) is 10.1. The molecule has 0 aliphatic rings. The SMILES string of the molecule is O=C(O)c1cc(C(=O)NC(CO)CO)cc([N+](=O)[O-])c1. The molecule has 0 bridgehead atoms. The average Bonchev–Trinajstić information content (AvgIpc) is 2.43. The van der Waals surface area contributed by atoms with Crippen LogP contribution in [0.25, 0.3) is 0 Å². The zero-order chi connectivity index (χ0) is 15.3. The van der Waals surface area contributed by atoms with Gasteiger partial charge < -0.3 is 20.6 Å². The van der Waals surface area contributed by atoms with Gasteiger partial charge in [0.1, 0.15) is 0 Å². The lowest BCUT2D eigenvalue weighted by molar-refractivity contribution is -0.384. The van der Waals surface area contributed by atoms with Gasteiger partial charge in [-0.15, -0.1) is 0 Å². The van der Waals surface area contributed by atoms with Crippen molar-refractivity contribution < 1.29 is 29.8 Å². The quantitative estimate of drug-likeness (QED) is 0.401. The van der Waals surface area contributed by atoms with Crippen LogP contribution in [0, 0.1) is 10.1 Å². The molecule has 0 aliphatic carbocycles. The fourth-order valence-corrected chi connectivity index (χ4v) is 1.39. The number of hydrogen-bond acceptors (Lipinski definition) is 6. The van der Waals surface area contributed by atoms with Crippen LogP contribution in [0.2, 0.25) is 0 Å². The van der Waals surface area contributed by atoms with Crippen LogP contribution >= 0.6 is 0 Å². The highest BCUT2D eigenvalue weighted by atomic mass is 16.6. The first-order chi connectivity index (χ1) is 9.38. The van der Waals surface area contributed by atoms with Gasteiger partial charge in [-0.2, -0.15) is 0 Å². The summed E-state index contributed by atoms with van der Waals surface area (Å²) in [6, 6.07) is 1.77. The Labute approximate surface area is 112 Å². The molecule has 9 heteroatoms. The van der Waals surface area contributed by atoms with Gasteiger partial charge in [-0.3, -0.25) is 14.9 Å². The smallest absolute Gasteiger partial charge is 0.335 e. The van der Waals surface area contributed by atoms with E-state index in [2.05, 4.69) is 5.32 Å². The van der Waals surface area contributed by atoms with Gasteiger partial charge in [-0.05, 0) is 6.07 Å². The summed E-state index contributed by atoms with van der Waals surface area (Å²) in [5.74, 6) is -2.24. The third kappa shape index (κ3) is 3.73. The van der Waals surface area contributed by atoms with Crippen molar-refractivity contribution in [1.82, 2.24) is 5.32 Å². The number of carbonyl (C=O) groups is 2. The number of nitro groups is 1. The Kier molecular flexibility index (Phi) is 5.12. The van der Waals surface area contributed by atoms with Gasteiger partial charge in [0, 0.05) is 17.7 Å². The summed E-state index contributed by atoms with van der Waals surface area (Å²) >= 11 is 0. The summed E-state index contributed by atoms with van der Waals surface area (Å²) in [5.41, 5.74) is -1.20. The number of aliphatic hydroxyl groups excluding tert-OH is 2. The maximum atomic E-state index is 11.8. The second-order valence-electron chi connectivity index (χ2n) is 3.87. The summed E-state index contributed by atoms with van der Waals surface area (Å²) < 4.78 is 0. The summed E-state index contributed by atoms with van der Waals surface area (Å²) in [5, 5.41) is 39.4. The second kappa shape index (κ2) is 6.59. The minimum absolute atomic E-state index is 0.247. The van der Waals surface area contributed by atoms with E-state index in [1.54, 1.807) is 0 Å². The number of rotatable bonds is 6. The van der Waals surface area contributed by atoms with Crippen LogP contribution in [0.5, 0.6) is 0 Å². The van der Waals surface area contributed by atoms with Crippen molar-refractivity contribution in [2.75, 3.05) is 13.2 Å². The molecule has 0 atom stereocenters. The van der Waals surface area contributed by atoms with Crippen molar-refractivity contribution in [2.45, 2.75) is 6.04 Å². The van der Waals surface area contributed by atoms with Gasteiger partial charge in [-0.25, -0.2) is 4.79 Å². The highest BCUT2D eigenvalue weighted by Crippen LogP contribution is 2.17. The molecule has 0 saturated carbocycles. The summed E-state index contributed by atoms with van der Waals surface area (Å²) in [6.07, 6.45) is 0. The number of hydrogen-bond donors (Lipinski definition) is 4. The lowest BCUT2D eigenvalue weighted by Gasteiger charge is -2.13. The Morgan fingerprint density at radius 2 is 1.75 bits per heavy atom. The molecule has 0 unspecified atom stereocenters. The lowest BCUT2D eigenvalue weighted by Crippen LogP contribution is -2.40. The van der Waals surface area contributed by atoms with Crippen molar-refractivity contribution in [3.63, 3.8) is 0 Å². The van der Waals surface area contributed by atoms with Crippen molar-refractivity contribution in [1.29, 1.82) is 0 Å². The molecule has 1 rings (SSSR count). The lowest BCUT2D eigenvalue weighted by atomic mass is 10.1. The van der Waals surface area contributed by atoms with E-state index >= 15 is 0 Å². The first kappa shape index (κ1) is 15.5. The number of amides is 1. The molecular weight excluding hydrogens is 272 g/mol. The van der Waals surface area contributed by atoms with Crippen LogP contribution in [0.4, 0.5) is 5.69 Å². The van der Waals surface area contributed by atoms with Crippen LogP contribution in [0.3, 0.4) is 0 Å². The van der Waals surface area contributed by atoms with Gasteiger partial charge in [0.15, 0.2) is 0 Å². The predicted octanol–water partition coefficient (Wildman–Crippen LogP) is -0.624. The highest BCUT2D eigenvalue weighted by molar-refractivity contribution is 5.98. The number of aromatic carboxylic acids is 1. The fourth-order valence-electron chi connectivity index (χ4n) is 1.39. The Morgan fingerprint density at radius 3 is 2.20 bits per heavy atom. The molecule has 4 N–H and O–H groups in total. The van der Waals surface area contributed by atoms with Crippen molar-refractivity contribution in [3.8, 4) is 0 Å². The maximum absolute atomic E-state index is 11.8. The van der Waals surface area contributed by atoms with Gasteiger partial charge in [-0.1, -0.05) is 0 Å². The maximum Gasteiger partial charge on any atom is 0.335 e. The first-order valence-corrected chi connectivity index (χ1v) is 5.44. The molecule has 20 heavy (non-hydrogen) atoms. The monoisotopic (exact) mass is 284 g/mol. The third-order valence-electron chi connectivity index (χ3n) is 2.41. The summed E-state index contributed by atoms with van der Waals surface area (Å²) in [6.45, 7) is -1.05. The number of aliphatic hydroxyl groups is 2. The van der Waals surface area contributed by atoms with E-state index in [9.17, 15) is 19.7 Å². The highest BCUT2D eigenvalue weighted by Gasteiger charge is 2.19. The number of non-ortho nitro benzene ring substituents is 1. The molecular formula is C11H12N2O7. The topological polar surface area (TPSA) is 150 Å². The van der Waals surface area contributed by atoms with Gasteiger partial charge >= 0.3 is 5.97 Å². The molecule has 0 saturated heterocycles. The van der Waals surface area contributed by atoms with E-state index in [4.69, 9.17) is 15.3 Å². The number of carboxylic acid groups (broad SMARTS) is 1. The minimum Gasteiger partial charge on any atom is -0.478 e. The Hall–Kier alpha value is -2.52. The van der Waals surface area contributed by atoms with Crippen molar-refractivity contribution >= 4 is 17.6 Å². The Balaban J connectivity index is 3.13. The van der Waals surface area contributed by atoms with E-state index in [1.807, 2.05) is 0 Å². The molecule has 0 spiro atoms. The number of carboxylic acids is 1. The molecule has 0 radical (unpaired) electrons. The van der Waals surface area contributed by atoms with Gasteiger partial charge in [0.05, 0.1) is 29.7 Å². The molecule has 0 aromatic heterocycles. The van der Waals surface area contributed by atoms with Crippen LogP contribution in [-0.4, -0.2) is 51.4 Å². The van der Waals surface area contributed by atoms with E-state index in [0.717, 1.165) is 18.2 Å². The zero-order valence-corrected chi connectivity index (χ0v) is 10.1. The van der Waals surface area contributed by atoms with Crippen LogP contribution < -0.4 is 5.32 Å². The largest absolute Gasteiger partial charge is 0.478 e. The third-order valence-corrected chi connectivity index (χ3v) is 2.41.